The van der Waals surface area contributed by atoms with Crippen LogP contribution in [0, 0.1) is 0 Å². The van der Waals surface area contributed by atoms with Crippen molar-refractivity contribution in [2.24, 2.45) is 0 Å². The Kier molecular flexibility index (Phi) is 2.43. The monoisotopic (exact) mass is 206 g/mol. The molecule has 1 N–H and O–H groups in total. The maximum Gasteiger partial charge on any atom is 0.127 e. The van der Waals surface area contributed by atoms with E-state index in [2.05, 4.69) is 11.1 Å². The fourth-order valence-electron chi connectivity index (χ4n) is 2.03. The van der Waals surface area contributed by atoms with Gasteiger partial charge in [0.05, 0.1) is 6.10 Å². The third-order valence-corrected chi connectivity index (χ3v) is 3.37. The summed E-state index contributed by atoms with van der Waals surface area (Å²) in [6, 6.07) is 4.10. The van der Waals surface area contributed by atoms with Crippen molar-refractivity contribution in [1.82, 2.24) is 4.98 Å². The van der Waals surface area contributed by atoms with Gasteiger partial charge in [-0.05, 0) is 31.4 Å². The lowest BCUT2D eigenvalue weighted by atomic mass is 9.92. The van der Waals surface area contributed by atoms with Crippen molar-refractivity contribution in [2.45, 2.75) is 31.3 Å². The summed E-state index contributed by atoms with van der Waals surface area (Å²) in [5.74, 6) is 0.958. The summed E-state index contributed by atoms with van der Waals surface area (Å²) in [6.45, 7) is 1.87. The fourth-order valence-corrected chi connectivity index (χ4v) is 2.03. The van der Waals surface area contributed by atoms with Crippen LogP contribution in [0.2, 0.25) is 0 Å². The second-order valence-electron chi connectivity index (χ2n) is 4.63. The third-order valence-electron chi connectivity index (χ3n) is 3.37. The summed E-state index contributed by atoms with van der Waals surface area (Å²) >= 11 is 0. The van der Waals surface area contributed by atoms with Crippen molar-refractivity contribution in [3.8, 4) is 0 Å². The van der Waals surface area contributed by atoms with E-state index in [0.717, 1.165) is 18.7 Å². The Morgan fingerprint density at radius 3 is 2.40 bits per heavy atom. The number of anilines is 1. The number of hydrogen-bond acceptors (Lipinski definition) is 3. The molecule has 0 radical (unpaired) electrons. The molecule has 1 fully saturated rings. The Hall–Kier alpha value is -1.09. The van der Waals surface area contributed by atoms with Crippen LogP contribution in [0.15, 0.2) is 18.3 Å². The molecule has 1 aliphatic rings. The Labute approximate surface area is 90.8 Å². The van der Waals surface area contributed by atoms with E-state index in [1.807, 2.05) is 38.2 Å². The van der Waals surface area contributed by atoms with Crippen molar-refractivity contribution in [3.05, 3.63) is 23.9 Å². The summed E-state index contributed by atoms with van der Waals surface area (Å²) in [5.41, 5.74) is 1.17. The predicted molar refractivity (Wildman–Crippen MR) is 61.2 cm³/mol. The van der Waals surface area contributed by atoms with Gasteiger partial charge in [0.1, 0.15) is 5.82 Å². The number of pyridine rings is 1. The minimum Gasteiger partial charge on any atom is -0.392 e. The first kappa shape index (κ1) is 10.4. The Morgan fingerprint density at radius 1 is 1.40 bits per heavy atom. The van der Waals surface area contributed by atoms with Crippen LogP contribution < -0.4 is 4.90 Å². The highest BCUT2D eigenvalue weighted by Crippen LogP contribution is 2.50. The zero-order valence-corrected chi connectivity index (χ0v) is 9.57. The van der Waals surface area contributed by atoms with Gasteiger partial charge < -0.3 is 10.0 Å². The highest BCUT2D eigenvalue weighted by atomic mass is 16.3. The predicted octanol–water partition coefficient (Wildman–Crippen LogP) is 1.56. The molecule has 1 aromatic rings. The Bertz CT molecular complexity index is 339. The standard InChI is InChI=1S/C12H18N2O/c1-9(15)12(6-7-12)10-4-5-11(13-8-10)14(2)3/h4-5,8-9,15H,6-7H2,1-3H3. The normalized spacial score (nSPS) is 19.7. The lowest BCUT2D eigenvalue weighted by molar-refractivity contribution is 0.150. The summed E-state index contributed by atoms with van der Waals surface area (Å²) in [4.78, 5) is 6.36. The molecule has 1 saturated carbocycles. The number of aliphatic hydroxyl groups excluding tert-OH is 1. The lowest BCUT2D eigenvalue weighted by Crippen LogP contribution is -2.23. The minimum atomic E-state index is -0.274. The average Bonchev–Trinajstić information content (AvgIpc) is 2.98. The van der Waals surface area contributed by atoms with Crippen LogP contribution in [-0.2, 0) is 5.41 Å². The molecule has 3 heteroatoms. The van der Waals surface area contributed by atoms with Gasteiger partial charge in [0, 0.05) is 25.7 Å². The number of aliphatic hydroxyl groups is 1. The molecule has 0 bridgehead atoms. The minimum absolute atomic E-state index is 0.00214. The molecule has 1 aromatic heterocycles. The molecule has 82 valence electrons. The average molecular weight is 206 g/mol. The molecular weight excluding hydrogens is 188 g/mol. The van der Waals surface area contributed by atoms with E-state index >= 15 is 0 Å². The summed E-state index contributed by atoms with van der Waals surface area (Å²) in [7, 11) is 3.95. The zero-order valence-electron chi connectivity index (χ0n) is 9.57. The molecule has 3 nitrogen and oxygen atoms in total. The van der Waals surface area contributed by atoms with Crippen LogP contribution in [0.3, 0.4) is 0 Å². The lowest BCUT2D eigenvalue weighted by Gasteiger charge is -2.19. The van der Waals surface area contributed by atoms with E-state index in [1.165, 1.54) is 5.56 Å². The summed E-state index contributed by atoms with van der Waals surface area (Å²) < 4.78 is 0. The SMILES string of the molecule is CC(O)C1(c2ccc(N(C)C)nc2)CC1. The number of nitrogens with zero attached hydrogens (tertiary/aromatic N) is 2. The largest absolute Gasteiger partial charge is 0.392 e. The topological polar surface area (TPSA) is 36.4 Å². The van der Waals surface area contributed by atoms with Gasteiger partial charge in [-0.3, -0.25) is 0 Å². The summed E-state index contributed by atoms with van der Waals surface area (Å²) in [6.07, 6.45) is 3.78. The van der Waals surface area contributed by atoms with Crippen LogP contribution in [0.25, 0.3) is 0 Å². The quantitative estimate of drug-likeness (QED) is 0.815. The van der Waals surface area contributed by atoms with Crippen LogP contribution in [-0.4, -0.2) is 30.3 Å². The van der Waals surface area contributed by atoms with Crippen LogP contribution >= 0.6 is 0 Å². The maximum absolute atomic E-state index is 9.74. The maximum atomic E-state index is 9.74. The van der Waals surface area contributed by atoms with Crippen LogP contribution in [0.4, 0.5) is 5.82 Å². The molecule has 0 saturated heterocycles. The Balaban J connectivity index is 2.24. The third kappa shape index (κ3) is 1.72. The smallest absolute Gasteiger partial charge is 0.127 e. The number of hydrogen-bond donors (Lipinski definition) is 1. The van der Waals surface area contributed by atoms with Gasteiger partial charge in [0.15, 0.2) is 0 Å². The summed E-state index contributed by atoms with van der Waals surface area (Å²) in [5, 5.41) is 9.74. The van der Waals surface area contributed by atoms with E-state index in [-0.39, 0.29) is 11.5 Å². The molecule has 1 heterocycles. The van der Waals surface area contributed by atoms with Gasteiger partial charge in [-0.15, -0.1) is 0 Å². The molecule has 15 heavy (non-hydrogen) atoms. The molecule has 0 aliphatic heterocycles. The highest BCUT2D eigenvalue weighted by molar-refractivity contribution is 5.41. The second kappa shape index (κ2) is 3.49. The molecule has 1 unspecified atom stereocenters. The first-order valence-electron chi connectivity index (χ1n) is 5.38. The molecule has 0 amide bonds. The van der Waals surface area contributed by atoms with E-state index in [1.54, 1.807) is 0 Å². The van der Waals surface area contributed by atoms with Crippen molar-refractivity contribution < 1.29 is 5.11 Å². The van der Waals surface area contributed by atoms with Crippen molar-refractivity contribution in [3.63, 3.8) is 0 Å². The van der Waals surface area contributed by atoms with Gasteiger partial charge in [0.2, 0.25) is 0 Å². The van der Waals surface area contributed by atoms with Crippen molar-refractivity contribution >= 4 is 5.82 Å². The first-order chi connectivity index (χ1) is 7.06. The zero-order chi connectivity index (χ0) is 11.1. The van der Waals surface area contributed by atoms with Crippen LogP contribution in [0.5, 0.6) is 0 Å². The van der Waals surface area contributed by atoms with Gasteiger partial charge in [0.25, 0.3) is 0 Å². The van der Waals surface area contributed by atoms with Crippen molar-refractivity contribution in [2.75, 3.05) is 19.0 Å². The van der Waals surface area contributed by atoms with E-state index in [0.29, 0.717) is 0 Å². The number of rotatable bonds is 3. The molecule has 1 aliphatic carbocycles. The van der Waals surface area contributed by atoms with E-state index in [4.69, 9.17) is 0 Å². The second-order valence-corrected chi connectivity index (χ2v) is 4.63. The molecule has 0 aromatic carbocycles. The molecular formula is C12H18N2O. The van der Waals surface area contributed by atoms with Crippen molar-refractivity contribution in [1.29, 1.82) is 0 Å². The van der Waals surface area contributed by atoms with E-state index in [9.17, 15) is 5.11 Å². The van der Waals surface area contributed by atoms with Crippen LogP contribution in [0.1, 0.15) is 25.3 Å². The fraction of sp³-hybridized carbons (Fsp3) is 0.583. The van der Waals surface area contributed by atoms with Gasteiger partial charge in [-0.25, -0.2) is 4.98 Å². The molecule has 1 atom stereocenters. The first-order valence-corrected chi connectivity index (χ1v) is 5.38. The van der Waals surface area contributed by atoms with Gasteiger partial charge in [-0.1, -0.05) is 6.07 Å². The molecule has 2 rings (SSSR count). The highest BCUT2D eigenvalue weighted by Gasteiger charge is 2.48. The molecule has 0 spiro atoms. The van der Waals surface area contributed by atoms with E-state index < -0.39 is 0 Å². The number of aromatic nitrogens is 1. The van der Waals surface area contributed by atoms with Gasteiger partial charge >= 0.3 is 0 Å². The van der Waals surface area contributed by atoms with Gasteiger partial charge in [-0.2, -0.15) is 0 Å². The Morgan fingerprint density at radius 2 is 2.07 bits per heavy atom.